The van der Waals surface area contributed by atoms with Crippen LogP contribution in [-0.2, 0) is 0 Å². The van der Waals surface area contributed by atoms with Gasteiger partial charge in [-0.3, -0.25) is 4.79 Å². The summed E-state index contributed by atoms with van der Waals surface area (Å²) in [7, 11) is 0. The molecule has 1 heterocycles. The van der Waals surface area contributed by atoms with Crippen LogP contribution in [0.1, 0.15) is 18.4 Å². The van der Waals surface area contributed by atoms with Crippen LogP contribution < -0.4 is 22.0 Å². The first-order chi connectivity index (χ1) is 9.56. The number of hydrogen-bond acceptors (Lipinski definition) is 3. The molecule has 0 bridgehead atoms. The van der Waals surface area contributed by atoms with Gasteiger partial charge in [-0.2, -0.15) is 0 Å². The van der Waals surface area contributed by atoms with E-state index in [1.807, 2.05) is 31.2 Å². The number of benzene rings is 1. The summed E-state index contributed by atoms with van der Waals surface area (Å²) in [6, 6.07) is 3.69. The Morgan fingerprint density at radius 3 is 2.85 bits per heavy atom. The van der Waals surface area contributed by atoms with Gasteiger partial charge in [0, 0.05) is 15.7 Å². The van der Waals surface area contributed by atoms with E-state index < -0.39 is 0 Å². The van der Waals surface area contributed by atoms with E-state index in [-0.39, 0.29) is 5.56 Å². The minimum absolute atomic E-state index is 0.210. The predicted molar refractivity (Wildman–Crippen MR) is 84.6 cm³/mol. The normalized spacial score (nSPS) is 13.3. The number of nitrogens with two attached hydrogens (primary N) is 1. The molecule has 3 rings (SSSR count). The van der Waals surface area contributed by atoms with Crippen LogP contribution in [0.5, 0.6) is 0 Å². The molecule has 1 aliphatic rings. The highest BCUT2D eigenvalue weighted by atomic mass is 79.9. The smallest absolute Gasteiger partial charge is 0.275 e. The largest absolute Gasteiger partial charge is 0.398 e. The van der Waals surface area contributed by atoms with Crippen LogP contribution in [0, 0.1) is 6.92 Å². The van der Waals surface area contributed by atoms with Crippen molar-refractivity contribution in [3.05, 3.63) is 43.2 Å². The second-order valence-corrected chi connectivity index (χ2v) is 5.74. The second-order valence-electron chi connectivity index (χ2n) is 4.89. The molecular weight excluding hydrogens is 318 g/mol. The molecule has 0 atom stereocenters. The fourth-order valence-electron chi connectivity index (χ4n) is 2.33. The lowest BCUT2D eigenvalue weighted by Crippen LogP contribution is -2.39. The summed E-state index contributed by atoms with van der Waals surface area (Å²) in [5, 5.41) is 1.62. The third-order valence-corrected chi connectivity index (χ3v) is 4.26. The summed E-state index contributed by atoms with van der Waals surface area (Å²) >= 11 is 3.47. The van der Waals surface area contributed by atoms with Crippen molar-refractivity contribution < 1.29 is 0 Å². The Labute approximate surface area is 124 Å². The number of aryl methyl sites for hydroxylation is 1. The Balaban J connectivity index is 2.32. The van der Waals surface area contributed by atoms with Crippen LogP contribution in [0.3, 0.4) is 0 Å². The van der Waals surface area contributed by atoms with Crippen molar-refractivity contribution in [1.29, 1.82) is 0 Å². The van der Waals surface area contributed by atoms with E-state index in [0.717, 1.165) is 33.6 Å². The van der Waals surface area contributed by atoms with E-state index >= 15 is 0 Å². The number of anilines is 1. The van der Waals surface area contributed by atoms with Crippen LogP contribution in [0.25, 0.3) is 23.4 Å². The maximum atomic E-state index is 12.2. The second kappa shape index (κ2) is 4.90. The zero-order valence-corrected chi connectivity index (χ0v) is 12.6. The van der Waals surface area contributed by atoms with Gasteiger partial charge in [0.15, 0.2) is 0 Å². The van der Waals surface area contributed by atoms with Crippen LogP contribution in [0.15, 0.2) is 21.4 Å². The first kappa shape index (κ1) is 13.1. The van der Waals surface area contributed by atoms with Crippen molar-refractivity contribution in [2.45, 2.75) is 19.8 Å². The topological polar surface area (TPSA) is 71.8 Å². The van der Waals surface area contributed by atoms with Crippen LogP contribution in [0.2, 0.25) is 0 Å². The molecule has 0 aliphatic heterocycles. The lowest BCUT2D eigenvalue weighted by atomic mass is 10.1. The Bertz CT molecular complexity index is 868. The van der Waals surface area contributed by atoms with Gasteiger partial charge < -0.3 is 10.7 Å². The van der Waals surface area contributed by atoms with Crippen LogP contribution in [0.4, 0.5) is 5.69 Å². The number of nitrogen functional groups attached to an aromatic ring is 1. The summed E-state index contributed by atoms with van der Waals surface area (Å²) in [6.45, 7) is 1.96. The van der Waals surface area contributed by atoms with Gasteiger partial charge in [0.25, 0.3) is 5.56 Å². The first-order valence-corrected chi connectivity index (χ1v) is 7.22. The minimum atomic E-state index is -0.210. The molecule has 1 aromatic heterocycles. The third-order valence-electron chi connectivity index (χ3n) is 3.41. The molecule has 0 saturated heterocycles. The van der Waals surface area contributed by atoms with Crippen LogP contribution >= 0.6 is 15.9 Å². The van der Waals surface area contributed by atoms with Gasteiger partial charge in [-0.15, -0.1) is 0 Å². The maximum absolute atomic E-state index is 12.2. The zero-order chi connectivity index (χ0) is 14.3. The molecule has 1 aromatic carbocycles. The van der Waals surface area contributed by atoms with E-state index in [4.69, 9.17) is 5.73 Å². The molecule has 4 nitrogen and oxygen atoms in total. The highest BCUT2D eigenvalue weighted by Gasteiger charge is 2.12. The molecule has 0 unspecified atom stereocenters. The predicted octanol–water partition coefficient (Wildman–Crippen LogP) is 1.44. The summed E-state index contributed by atoms with van der Waals surface area (Å²) in [5.74, 6) is 0. The van der Waals surface area contributed by atoms with Gasteiger partial charge in [-0.05, 0) is 37.5 Å². The quantitative estimate of drug-likeness (QED) is 0.777. The van der Waals surface area contributed by atoms with Gasteiger partial charge in [-0.1, -0.05) is 28.1 Å². The molecule has 5 heteroatoms. The Kier molecular flexibility index (Phi) is 3.22. The van der Waals surface area contributed by atoms with E-state index in [1.54, 1.807) is 0 Å². The Morgan fingerprint density at radius 1 is 1.30 bits per heavy atom. The fraction of sp³-hybridized carbons (Fsp3) is 0.200. The highest BCUT2D eigenvalue weighted by Crippen LogP contribution is 2.28. The summed E-state index contributed by atoms with van der Waals surface area (Å²) in [4.78, 5) is 19.6. The molecule has 0 fully saturated rings. The van der Waals surface area contributed by atoms with Crippen LogP contribution in [-0.4, -0.2) is 9.97 Å². The number of nitrogens with zero attached hydrogens (tertiary/aromatic N) is 1. The average molecular weight is 332 g/mol. The van der Waals surface area contributed by atoms with Crippen molar-refractivity contribution in [3.8, 4) is 11.3 Å². The van der Waals surface area contributed by atoms with E-state index in [9.17, 15) is 4.79 Å². The number of fused-ring (bicyclic) bond motifs is 1. The number of hydrogen-bond donors (Lipinski definition) is 2. The maximum Gasteiger partial charge on any atom is 0.275 e. The number of aromatic amines is 1. The van der Waals surface area contributed by atoms with E-state index in [0.29, 0.717) is 16.9 Å². The number of H-pyrrole nitrogens is 1. The third kappa shape index (κ3) is 2.18. The zero-order valence-electron chi connectivity index (χ0n) is 11.0. The molecule has 0 saturated carbocycles. The van der Waals surface area contributed by atoms with Crippen molar-refractivity contribution in [2.75, 3.05) is 5.73 Å². The molecule has 3 N–H and O–H groups in total. The number of rotatable bonds is 1. The lowest BCUT2D eigenvalue weighted by molar-refractivity contribution is 0.998. The van der Waals surface area contributed by atoms with Crippen molar-refractivity contribution in [2.24, 2.45) is 0 Å². The minimum Gasteiger partial charge on any atom is -0.398 e. The molecule has 0 radical (unpaired) electrons. The van der Waals surface area contributed by atoms with E-state index in [2.05, 4.69) is 25.9 Å². The summed E-state index contributed by atoms with van der Waals surface area (Å²) in [5.41, 5.74) is 8.44. The van der Waals surface area contributed by atoms with Gasteiger partial charge in [0.05, 0.1) is 10.7 Å². The van der Waals surface area contributed by atoms with Gasteiger partial charge in [0.1, 0.15) is 5.69 Å². The lowest BCUT2D eigenvalue weighted by Gasteiger charge is -2.08. The van der Waals surface area contributed by atoms with Gasteiger partial charge >= 0.3 is 0 Å². The number of aromatic nitrogens is 2. The average Bonchev–Trinajstić information content (AvgIpc) is 2.42. The summed E-state index contributed by atoms with van der Waals surface area (Å²) in [6.07, 6.45) is 5.91. The standard InChI is InChI=1S/C15H14BrN3O/c1-8-6-11(17)9(7-10(8)16)14-15(20)19-13-5-3-2-4-12(13)18-14/h4-7H,2-3,17H2,1H3,(H,19,20). The Morgan fingerprint density at radius 2 is 2.05 bits per heavy atom. The van der Waals surface area contributed by atoms with Crippen molar-refractivity contribution >= 4 is 33.8 Å². The highest BCUT2D eigenvalue weighted by molar-refractivity contribution is 9.10. The molecule has 0 amide bonds. The molecular formula is C15H14BrN3O. The van der Waals surface area contributed by atoms with Crippen molar-refractivity contribution in [1.82, 2.24) is 9.97 Å². The van der Waals surface area contributed by atoms with Gasteiger partial charge in [0.2, 0.25) is 0 Å². The molecule has 20 heavy (non-hydrogen) atoms. The van der Waals surface area contributed by atoms with Crippen molar-refractivity contribution in [3.63, 3.8) is 0 Å². The molecule has 102 valence electrons. The number of nitrogens with one attached hydrogen (secondary N) is 1. The molecule has 1 aliphatic carbocycles. The number of halogens is 1. The molecule has 0 spiro atoms. The monoisotopic (exact) mass is 331 g/mol. The molecule has 2 aromatic rings. The van der Waals surface area contributed by atoms with E-state index in [1.165, 1.54) is 0 Å². The summed E-state index contributed by atoms with van der Waals surface area (Å²) < 4.78 is 0.913. The fourth-order valence-corrected chi connectivity index (χ4v) is 2.67. The Hall–Kier alpha value is -1.88. The SMILES string of the molecule is Cc1cc(N)c(-c2nc3c([nH]c2=O)=CCCC=3)cc1Br. The van der Waals surface area contributed by atoms with Gasteiger partial charge in [-0.25, -0.2) is 4.98 Å². The first-order valence-electron chi connectivity index (χ1n) is 6.43.